The van der Waals surface area contributed by atoms with E-state index in [0.717, 1.165) is 154 Å². The van der Waals surface area contributed by atoms with E-state index in [1.54, 1.807) is 7.11 Å². The van der Waals surface area contributed by atoms with Gasteiger partial charge in [0.1, 0.15) is 35.4 Å². The normalized spacial score (nSPS) is 31.4. The summed E-state index contributed by atoms with van der Waals surface area (Å²) in [7, 11) is 1.68. The monoisotopic (exact) mass is 1040 g/mol. The quantitative estimate of drug-likeness (QED) is 0.134. The van der Waals surface area contributed by atoms with Crippen molar-refractivity contribution in [2.24, 2.45) is 33.8 Å². The second-order valence-electron chi connectivity index (χ2n) is 24.0. The van der Waals surface area contributed by atoms with Crippen LogP contribution in [0.15, 0.2) is 84.7 Å². The molecule has 10 nitrogen and oxygen atoms in total. The number of aromatic hydroxyl groups is 1. The van der Waals surface area contributed by atoms with Crippen LogP contribution < -0.4 is 15.2 Å². The van der Waals surface area contributed by atoms with Gasteiger partial charge in [-0.15, -0.1) is 12.4 Å². The predicted octanol–water partition coefficient (Wildman–Crippen LogP) is 13.0. The van der Waals surface area contributed by atoms with E-state index in [9.17, 15) is 29.0 Å². The maximum absolute atomic E-state index is 12.9. The zero-order chi connectivity index (χ0) is 51.2. The highest BCUT2D eigenvalue weighted by atomic mass is 35.5. The molecule has 14 rings (SSSR count). The van der Waals surface area contributed by atoms with Gasteiger partial charge in [-0.3, -0.25) is 14.4 Å². The molecule has 2 aliphatic heterocycles. The molecule has 11 aliphatic rings. The highest BCUT2D eigenvalue weighted by Crippen LogP contribution is 2.61. The van der Waals surface area contributed by atoms with Gasteiger partial charge < -0.3 is 34.9 Å². The van der Waals surface area contributed by atoms with Crippen molar-refractivity contribution in [3.05, 3.63) is 101 Å². The van der Waals surface area contributed by atoms with Crippen LogP contribution >= 0.6 is 12.4 Å². The molecule has 404 valence electrons. The topological polar surface area (TPSA) is 155 Å². The number of fused-ring (bicyclic) bond motifs is 9. The van der Waals surface area contributed by atoms with Gasteiger partial charge in [-0.1, -0.05) is 36.4 Å². The molecule has 12 heteroatoms. The molecule has 0 aromatic heterocycles. The maximum atomic E-state index is 12.9. The molecule has 11 fully saturated rings. The number of Topliss-reactive ketones (excluding diaryl/α,β-unsaturated/α-hetero) is 2. The van der Waals surface area contributed by atoms with Gasteiger partial charge in [0, 0.05) is 63.2 Å². The Morgan fingerprint density at radius 1 is 0.581 bits per heavy atom. The first-order chi connectivity index (χ1) is 35.3. The first-order valence-corrected chi connectivity index (χ1v) is 27.9. The van der Waals surface area contributed by atoms with Gasteiger partial charge in [0.15, 0.2) is 0 Å². The third-order valence-electron chi connectivity index (χ3n) is 20.4. The fraction of sp³-hybridized carbons (Fsp3) is 0.629. The van der Waals surface area contributed by atoms with Crippen molar-refractivity contribution in [2.75, 3.05) is 46.7 Å². The number of hydrogen-bond donors (Lipinski definition) is 3. The van der Waals surface area contributed by atoms with Crippen LogP contribution in [0.3, 0.4) is 0 Å². The number of aliphatic carboxylic acids is 1. The summed E-state index contributed by atoms with van der Waals surface area (Å²) >= 11 is 0. The molecule has 3 aromatic carbocycles. The number of phenolic OH excluding ortho intramolecular Hbond substituents is 1. The lowest BCUT2D eigenvalue weighted by atomic mass is 9.50. The molecular formula is C62H83ClFNO9. The number of carbonyl (C=O) groups is 3. The Balaban J connectivity index is 0.000000150. The fourth-order valence-corrected chi connectivity index (χ4v) is 14.9. The van der Waals surface area contributed by atoms with E-state index < -0.39 is 11.4 Å². The molecule has 2 heterocycles. The third kappa shape index (κ3) is 12.1. The van der Waals surface area contributed by atoms with Crippen molar-refractivity contribution in [1.82, 2.24) is 0 Å². The highest BCUT2D eigenvalue weighted by Gasteiger charge is 2.54. The van der Waals surface area contributed by atoms with Crippen molar-refractivity contribution < 1.29 is 47.9 Å². The zero-order valence-electron chi connectivity index (χ0n) is 44.0. The number of benzene rings is 3. The van der Waals surface area contributed by atoms with E-state index in [4.69, 9.17) is 24.7 Å². The van der Waals surface area contributed by atoms with E-state index in [0.29, 0.717) is 29.2 Å². The lowest BCUT2D eigenvalue weighted by molar-refractivity contribution is -0.156. The lowest BCUT2D eigenvalue weighted by Gasteiger charge is -2.54. The van der Waals surface area contributed by atoms with Crippen molar-refractivity contribution in [3.63, 3.8) is 0 Å². The molecule has 2 saturated heterocycles. The van der Waals surface area contributed by atoms with Crippen LogP contribution in [-0.2, 0) is 40.1 Å². The summed E-state index contributed by atoms with van der Waals surface area (Å²) in [6.07, 6.45) is 25.3. The Kier molecular flexibility index (Phi) is 18.1. The summed E-state index contributed by atoms with van der Waals surface area (Å²) in [5.41, 5.74) is 10.9. The van der Waals surface area contributed by atoms with Gasteiger partial charge in [-0.25, -0.2) is 4.39 Å². The molecule has 0 spiro atoms. The second kappa shape index (κ2) is 23.9. The van der Waals surface area contributed by atoms with Gasteiger partial charge in [0.05, 0.1) is 18.9 Å². The number of carboxylic acid groups (broad SMARTS) is 1. The number of carbonyl (C=O) groups excluding carboxylic acids is 2. The largest absolute Gasteiger partial charge is 0.508 e. The van der Waals surface area contributed by atoms with Gasteiger partial charge in [-0.2, -0.15) is 0 Å². The summed E-state index contributed by atoms with van der Waals surface area (Å²) in [6.45, 7) is 3.34. The molecule has 0 amide bonds. The predicted molar refractivity (Wildman–Crippen MR) is 288 cm³/mol. The van der Waals surface area contributed by atoms with Crippen LogP contribution in [0, 0.1) is 28.1 Å². The number of nitrogens with two attached hydrogens (primary N) is 1. The number of rotatable bonds is 15. The van der Waals surface area contributed by atoms with Crippen LogP contribution in [0.2, 0.25) is 0 Å². The molecular weight excluding hydrogens is 957 g/mol. The van der Waals surface area contributed by atoms with E-state index in [1.165, 1.54) is 55.2 Å². The molecule has 0 radical (unpaired) electrons. The number of phenols is 1. The molecule has 3 aromatic rings. The fourth-order valence-electron chi connectivity index (χ4n) is 14.9. The first-order valence-electron chi connectivity index (χ1n) is 27.9. The van der Waals surface area contributed by atoms with Gasteiger partial charge in [0.2, 0.25) is 0 Å². The van der Waals surface area contributed by atoms with Crippen molar-refractivity contribution in [3.8, 4) is 17.2 Å². The average molecular weight is 1040 g/mol. The minimum atomic E-state index is -0.587. The Bertz CT molecular complexity index is 2320. The highest BCUT2D eigenvalue weighted by molar-refractivity contribution is 5.85. The number of carboxylic acids is 1. The Hall–Kier alpha value is -4.29. The van der Waals surface area contributed by atoms with E-state index in [-0.39, 0.29) is 64.5 Å². The Morgan fingerprint density at radius 2 is 0.932 bits per heavy atom. The van der Waals surface area contributed by atoms with Crippen LogP contribution in [0.5, 0.6) is 17.2 Å². The molecule has 6 bridgehead atoms. The maximum Gasteiger partial charge on any atom is 0.309 e. The molecule has 9 saturated carbocycles. The number of hydrogen-bond acceptors (Lipinski definition) is 9. The van der Waals surface area contributed by atoms with Gasteiger partial charge >= 0.3 is 5.97 Å². The minimum Gasteiger partial charge on any atom is -0.508 e. The average Bonchev–Trinajstić information content (AvgIpc) is 3.46. The van der Waals surface area contributed by atoms with Crippen LogP contribution in [0.1, 0.15) is 171 Å². The summed E-state index contributed by atoms with van der Waals surface area (Å²) in [6, 6.07) is 24.5. The number of halogens is 2. The summed E-state index contributed by atoms with van der Waals surface area (Å²) < 4.78 is 34.3. The van der Waals surface area contributed by atoms with Gasteiger partial charge in [0.25, 0.3) is 0 Å². The van der Waals surface area contributed by atoms with Gasteiger partial charge in [-0.05, 0) is 221 Å². The second-order valence-corrected chi connectivity index (χ2v) is 24.0. The van der Waals surface area contributed by atoms with Crippen LogP contribution in [0.25, 0.3) is 0 Å². The minimum absolute atomic E-state index is 0. The van der Waals surface area contributed by atoms with Crippen LogP contribution in [-0.4, -0.2) is 74.4 Å². The lowest BCUT2D eigenvalue weighted by Crippen LogP contribution is -2.47. The van der Waals surface area contributed by atoms with E-state index in [2.05, 4.69) is 36.4 Å². The van der Waals surface area contributed by atoms with E-state index >= 15 is 0 Å². The number of ketones is 2. The molecule has 0 atom stereocenters. The third-order valence-corrected chi connectivity index (χ3v) is 20.4. The standard InChI is InChI=1S/C25H34FNO3.C21H28O3.C16H20O3.ClH/c26-16-19(17-27)18-30-22-3-1-21(2-4-22)25-10-7-24(8-11-25,9-12-25)15-23(28)20-5-13-29-14-6-20;22-18-3-1-17(2-4-18)21-10-7-20(8-11-21,9-12-21)15-19(23)16-5-13-24-14-6-16;1-19-13-4-2-12(3-5-13)15-6-9-16(10-7-15,11-8-15)14(17)18;/h1-4,16,20H,5-15,17-18,27H2;1-4,16,22H,5-15H2;2-5H,6-11H2,1H3,(H,17,18);1H/b19-16+;;;. The van der Waals surface area contributed by atoms with Crippen molar-refractivity contribution >= 4 is 29.9 Å². The smallest absolute Gasteiger partial charge is 0.309 e. The SMILES string of the molecule is COc1ccc(C23CCC(C(=O)O)(CC2)CC3)cc1.Cl.NC/C(=C\F)COc1ccc(C23CCC(CC(=O)C4CCOCC4)(CC2)CC3)cc1.O=C(CC12CCC(c3ccc(O)cc3)(CC1)CC2)C1CCOCC1. The molecule has 74 heavy (non-hydrogen) atoms. The van der Waals surface area contributed by atoms with Crippen LogP contribution in [0.4, 0.5) is 4.39 Å². The van der Waals surface area contributed by atoms with E-state index in [1.807, 2.05) is 36.4 Å². The zero-order valence-corrected chi connectivity index (χ0v) is 44.8. The summed E-state index contributed by atoms with van der Waals surface area (Å²) in [5.74, 6) is 2.83. The molecule has 0 unspecified atom stereocenters. The Morgan fingerprint density at radius 3 is 1.27 bits per heavy atom. The summed E-state index contributed by atoms with van der Waals surface area (Å²) in [5, 5.41) is 19.0. The van der Waals surface area contributed by atoms with Crippen molar-refractivity contribution in [1.29, 1.82) is 0 Å². The van der Waals surface area contributed by atoms with Crippen molar-refractivity contribution in [2.45, 2.75) is 170 Å². The molecule has 4 N–H and O–H groups in total. The Labute approximate surface area is 445 Å². The first kappa shape index (κ1) is 55.9. The number of methoxy groups -OCH3 is 1. The number of ether oxygens (including phenoxy) is 4. The molecule has 9 aliphatic carbocycles. The summed E-state index contributed by atoms with van der Waals surface area (Å²) in [4.78, 5) is 37.1.